The number of piperidine rings is 1. The number of carbonyl (C=O) groups excluding carboxylic acids is 1. The van der Waals surface area contributed by atoms with Gasteiger partial charge in [0.2, 0.25) is 15.9 Å². The van der Waals surface area contributed by atoms with Gasteiger partial charge >= 0.3 is 0 Å². The molecule has 1 aromatic heterocycles. The van der Waals surface area contributed by atoms with E-state index in [0.717, 1.165) is 23.9 Å². The third-order valence-electron chi connectivity index (χ3n) is 5.69. The SMILES string of the molecule is CCCn1nnc2cc(S(=O)(=O)N3CCCC[C@@H]3C(=O)NCc3ccccc3Cl)ccc21. The van der Waals surface area contributed by atoms with Gasteiger partial charge in [0.05, 0.1) is 10.4 Å². The first kappa shape index (κ1) is 22.7. The Morgan fingerprint density at radius 1 is 1.22 bits per heavy atom. The molecule has 0 saturated carbocycles. The Balaban J connectivity index is 1.56. The molecule has 0 unspecified atom stereocenters. The van der Waals surface area contributed by atoms with Crippen LogP contribution in [0.15, 0.2) is 47.4 Å². The van der Waals surface area contributed by atoms with Crippen LogP contribution in [0.25, 0.3) is 11.0 Å². The number of sulfonamides is 1. The molecule has 1 aliphatic heterocycles. The van der Waals surface area contributed by atoms with Crippen molar-refractivity contribution >= 4 is 38.6 Å². The molecule has 1 N–H and O–H groups in total. The predicted molar refractivity (Wildman–Crippen MR) is 123 cm³/mol. The number of nitrogens with zero attached hydrogens (tertiary/aromatic N) is 4. The summed E-state index contributed by atoms with van der Waals surface area (Å²) in [6, 6.07) is 11.3. The maximum absolute atomic E-state index is 13.5. The smallest absolute Gasteiger partial charge is 0.243 e. The molecule has 170 valence electrons. The van der Waals surface area contributed by atoms with E-state index in [1.165, 1.54) is 10.4 Å². The monoisotopic (exact) mass is 475 g/mol. The maximum atomic E-state index is 13.5. The molecule has 2 aromatic carbocycles. The summed E-state index contributed by atoms with van der Waals surface area (Å²) in [6.45, 7) is 3.30. The van der Waals surface area contributed by atoms with Crippen LogP contribution in [0.4, 0.5) is 0 Å². The summed E-state index contributed by atoms with van der Waals surface area (Å²) >= 11 is 6.17. The molecule has 4 rings (SSSR count). The van der Waals surface area contributed by atoms with Crippen LogP contribution >= 0.6 is 11.6 Å². The van der Waals surface area contributed by atoms with Gasteiger partial charge in [-0.3, -0.25) is 4.79 Å². The van der Waals surface area contributed by atoms with Gasteiger partial charge in [0.15, 0.2) is 0 Å². The zero-order valence-electron chi connectivity index (χ0n) is 17.9. The van der Waals surface area contributed by atoms with Crippen LogP contribution in [0.1, 0.15) is 38.2 Å². The van der Waals surface area contributed by atoms with Crippen molar-refractivity contribution in [1.29, 1.82) is 0 Å². The number of rotatable bonds is 7. The number of hydrogen-bond acceptors (Lipinski definition) is 5. The fraction of sp³-hybridized carbons (Fsp3) is 0.409. The number of aryl methyl sites for hydroxylation is 1. The number of aromatic nitrogens is 3. The van der Waals surface area contributed by atoms with E-state index in [2.05, 4.69) is 15.6 Å². The van der Waals surface area contributed by atoms with Crippen molar-refractivity contribution in [3.63, 3.8) is 0 Å². The molecular formula is C22H26ClN5O3S. The lowest BCUT2D eigenvalue weighted by Gasteiger charge is -2.33. The summed E-state index contributed by atoms with van der Waals surface area (Å²) < 4.78 is 30.0. The maximum Gasteiger partial charge on any atom is 0.243 e. The summed E-state index contributed by atoms with van der Waals surface area (Å²) in [5, 5.41) is 11.6. The van der Waals surface area contributed by atoms with E-state index in [9.17, 15) is 13.2 Å². The second-order valence-electron chi connectivity index (χ2n) is 7.90. The first-order valence-electron chi connectivity index (χ1n) is 10.8. The third-order valence-corrected chi connectivity index (χ3v) is 7.97. The van der Waals surface area contributed by atoms with Crippen LogP contribution in [0, 0.1) is 0 Å². The number of carbonyl (C=O) groups is 1. The van der Waals surface area contributed by atoms with Crippen LogP contribution in [-0.2, 0) is 27.9 Å². The first-order valence-corrected chi connectivity index (χ1v) is 12.6. The van der Waals surface area contributed by atoms with E-state index in [1.807, 2.05) is 25.1 Å². The van der Waals surface area contributed by atoms with E-state index in [0.29, 0.717) is 36.5 Å². The highest BCUT2D eigenvalue weighted by Crippen LogP contribution is 2.27. The van der Waals surface area contributed by atoms with Crippen molar-refractivity contribution in [3.8, 4) is 0 Å². The molecule has 1 saturated heterocycles. The fourth-order valence-corrected chi connectivity index (χ4v) is 5.90. The van der Waals surface area contributed by atoms with Crippen LogP contribution in [0.5, 0.6) is 0 Å². The molecule has 0 radical (unpaired) electrons. The summed E-state index contributed by atoms with van der Waals surface area (Å²) in [6.07, 6.45) is 2.88. The topological polar surface area (TPSA) is 97.2 Å². The van der Waals surface area contributed by atoms with Gasteiger partial charge in [-0.25, -0.2) is 13.1 Å². The molecule has 1 amide bonds. The van der Waals surface area contributed by atoms with Gasteiger partial charge in [-0.1, -0.05) is 48.4 Å². The molecule has 1 fully saturated rings. The zero-order chi connectivity index (χ0) is 22.7. The molecule has 0 aliphatic carbocycles. The van der Waals surface area contributed by atoms with Gasteiger partial charge in [0.1, 0.15) is 11.6 Å². The van der Waals surface area contributed by atoms with Crippen LogP contribution in [0.3, 0.4) is 0 Å². The summed E-state index contributed by atoms with van der Waals surface area (Å²) in [4.78, 5) is 13.1. The predicted octanol–water partition coefficient (Wildman–Crippen LogP) is 3.35. The summed E-state index contributed by atoms with van der Waals surface area (Å²) in [5.41, 5.74) is 2.10. The van der Waals surface area contributed by atoms with E-state index >= 15 is 0 Å². The second kappa shape index (κ2) is 9.56. The van der Waals surface area contributed by atoms with E-state index in [4.69, 9.17) is 11.6 Å². The van der Waals surface area contributed by atoms with Gasteiger partial charge in [0.25, 0.3) is 0 Å². The van der Waals surface area contributed by atoms with E-state index in [-0.39, 0.29) is 17.3 Å². The van der Waals surface area contributed by atoms with Crippen molar-refractivity contribution in [3.05, 3.63) is 53.1 Å². The van der Waals surface area contributed by atoms with Gasteiger partial charge < -0.3 is 5.32 Å². The lowest BCUT2D eigenvalue weighted by Crippen LogP contribution is -2.51. The number of benzene rings is 2. The van der Waals surface area contributed by atoms with Crippen molar-refractivity contribution in [2.45, 2.75) is 56.6 Å². The van der Waals surface area contributed by atoms with Gasteiger partial charge in [-0.2, -0.15) is 4.31 Å². The molecule has 2 heterocycles. The lowest BCUT2D eigenvalue weighted by molar-refractivity contribution is -0.125. The molecule has 1 atom stereocenters. The van der Waals surface area contributed by atoms with Gasteiger partial charge in [-0.05, 0) is 49.1 Å². The van der Waals surface area contributed by atoms with Crippen LogP contribution in [-0.4, -0.2) is 46.2 Å². The van der Waals surface area contributed by atoms with Crippen molar-refractivity contribution in [2.75, 3.05) is 6.54 Å². The molecule has 10 heteroatoms. The molecule has 32 heavy (non-hydrogen) atoms. The Kier molecular flexibility index (Phi) is 6.78. The molecule has 1 aliphatic rings. The lowest BCUT2D eigenvalue weighted by atomic mass is 10.0. The number of halogens is 1. The zero-order valence-corrected chi connectivity index (χ0v) is 19.4. The number of amides is 1. The third kappa shape index (κ3) is 4.51. The Morgan fingerprint density at radius 3 is 2.81 bits per heavy atom. The average Bonchev–Trinajstić information content (AvgIpc) is 3.21. The normalized spacial score (nSPS) is 17.5. The van der Waals surface area contributed by atoms with Crippen molar-refractivity contribution in [2.24, 2.45) is 0 Å². The quantitative estimate of drug-likeness (QED) is 0.565. The minimum Gasteiger partial charge on any atom is -0.351 e. The molecule has 3 aromatic rings. The largest absolute Gasteiger partial charge is 0.351 e. The van der Waals surface area contributed by atoms with Gasteiger partial charge in [-0.15, -0.1) is 5.10 Å². The highest BCUT2D eigenvalue weighted by atomic mass is 35.5. The minimum absolute atomic E-state index is 0.124. The van der Waals surface area contributed by atoms with E-state index in [1.54, 1.807) is 22.9 Å². The standard InChI is InChI=1S/C22H26ClN5O3S/c1-2-12-27-20-11-10-17(14-19(20)25-26-27)32(30,31)28-13-6-5-9-21(28)22(29)24-15-16-7-3-4-8-18(16)23/h3-4,7-8,10-11,14,21H,2,5-6,9,12-13,15H2,1H3,(H,24,29)/t21-/m1/s1. The number of fused-ring (bicyclic) bond motifs is 1. The Hall–Kier alpha value is -2.49. The molecule has 8 nitrogen and oxygen atoms in total. The molecule has 0 bridgehead atoms. The average molecular weight is 476 g/mol. The summed E-state index contributed by atoms with van der Waals surface area (Å²) in [5.74, 6) is -0.317. The minimum atomic E-state index is -3.87. The van der Waals surface area contributed by atoms with Crippen LogP contribution < -0.4 is 5.32 Å². The first-order chi connectivity index (χ1) is 15.4. The fourth-order valence-electron chi connectivity index (χ4n) is 4.02. The van der Waals surface area contributed by atoms with Crippen LogP contribution in [0.2, 0.25) is 5.02 Å². The molecule has 0 spiro atoms. The van der Waals surface area contributed by atoms with Gasteiger partial charge in [0, 0.05) is 24.7 Å². The van der Waals surface area contributed by atoms with E-state index < -0.39 is 16.1 Å². The molecular weight excluding hydrogens is 450 g/mol. The Bertz CT molecular complexity index is 1230. The summed E-state index contributed by atoms with van der Waals surface area (Å²) in [7, 11) is -3.87. The number of nitrogens with one attached hydrogen (secondary N) is 1. The number of hydrogen-bond donors (Lipinski definition) is 1. The highest BCUT2D eigenvalue weighted by molar-refractivity contribution is 7.89. The Labute approximate surface area is 192 Å². The highest BCUT2D eigenvalue weighted by Gasteiger charge is 2.37. The van der Waals surface area contributed by atoms with Crippen molar-refractivity contribution in [1.82, 2.24) is 24.6 Å². The Morgan fingerprint density at radius 2 is 2.03 bits per heavy atom. The second-order valence-corrected chi connectivity index (χ2v) is 10.2. The van der Waals surface area contributed by atoms with Crippen molar-refractivity contribution < 1.29 is 13.2 Å².